The average Bonchev–Trinajstić information content (AvgIpc) is 2.75. The molecule has 2 N–H and O–H groups in total. The van der Waals surface area contributed by atoms with Crippen LogP contribution in [0.1, 0.15) is 57.7 Å². The quantitative estimate of drug-likeness (QED) is 0.870. The summed E-state index contributed by atoms with van der Waals surface area (Å²) in [5, 5.41) is 10.6. The van der Waals surface area contributed by atoms with E-state index in [1.54, 1.807) is 0 Å². The molecule has 0 aliphatic heterocycles. The summed E-state index contributed by atoms with van der Waals surface area (Å²) >= 11 is 0. The van der Waals surface area contributed by atoms with Gasteiger partial charge in [0.25, 0.3) is 0 Å². The molecule has 1 fully saturated rings. The maximum absolute atomic E-state index is 4.06. The first-order valence-corrected chi connectivity index (χ1v) is 7.66. The van der Waals surface area contributed by atoms with E-state index in [-0.39, 0.29) is 0 Å². The smallest absolute Gasteiger partial charge is 0.0535 e. The molecule has 0 aromatic carbocycles. The normalized spacial score (nSPS) is 24.6. The van der Waals surface area contributed by atoms with Crippen LogP contribution < -0.4 is 5.32 Å². The Labute approximate surface area is 117 Å². The molecule has 19 heavy (non-hydrogen) atoms. The van der Waals surface area contributed by atoms with Crippen molar-refractivity contribution in [1.29, 1.82) is 0 Å². The van der Waals surface area contributed by atoms with Gasteiger partial charge in [0.2, 0.25) is 0 Å². The van der Waals surface area contributed by atoms with Gasteiger partial charge in [0, 0.05) is 17.8 Å². The molecular weight excluding hydrogens is 234 g/mol. The fourth-order valence-corrected chi connectivity index (χ4v) is 3.20. The summed E-state index contributed by atoms with van der Waals surface area (Å²) < 4.78 is 0. The predicted molar refractivity (Wildman–Crippen MR) is 79.9 cm³/mol. The number of nitrogens with one attached hydrogen (secondary N) is 2. The lowest BCUT2D eigenvalue weighted by Crippen LogP contribution is -2.30. The lowest BCUT2D eigenvalue weighted by molar-refractivity contribution is 0.149. The molecule has 1 aromatic heterocycles. The van der Waals surface area contributed by atoms with Crippen LogP contribution in [0.4, 0.5) is 0 Å². The molecule has 1 aliphatic carbocycles. The Bertz CT molecular complexity index is 381. The second-order valence-corrected chi connectivity index (χ2v) is 7.23. The second-order valence-electron chi connectivity index (χ2n) is 7.23. The van der Waals surface area contributed by atoms with Crippen LogP contribution in [0.15, 0.2) is 6.20 Å². The van der Waals surface area contributed by atoms with E-state index in [0.717, 1.165) is 24.9 Å². The van der Waals surface area contributed by atoms with E-state index in [4.69, 9.17) is 0 Å². The van der Waals surface area contributed by atoms with Crippen LogP contribution in [0, 0.1) is 24.2 Å². The first kappa shape index (κ1) is 14.6. The minimum atomic E-state index is 0.492. The molecule has 2 rings (SSSR count). The van der Waals surface area contributed by atoms with Crippen molar-refractivity contribution in [3.63, 3.8) is 0 Å². The van der Waals surface area contributed by atoms with Gasteiger partial charge in [-0.3, -0.25) is 5.10 Å². The van der Waals surface area contributed by atoms with Gasteiger partial charge in [0.15, 0.2) is 0 Å². The Balaban J connectivity index is 1.68. The minimum Gasteiger partial charge on any atom is -0.312 e. The van der Waals surface area contributed by atoms with Gasteiger partial charge in [0.05, 0.1) is 6.20 Å². The highest BCUT2D eigenvalue weighted by Crippen LogP contribution is 2.39. The Kier molecular flexibility index (Phi) is 4.67. The zero-order chi connectivity index (χ0) is 13.9. The Hall–Kier alpha value is -0.830. The third-order valence-corrected chi connectivity index (χ3v) is 4.75. The largest absolute Gasteiger partial charge is 0.312 e. The number of hydrogen-bond acceptors (Lipinski definition) is 2. The van der Waals surface area contributed by atoms with Crippen LogP contribution in [0.3, 0.4) is 0 Å². The molecule has 108 valence electrons. The van der Waals surface area contributed by atoms with E-state index in [1.165, 1.54) is 36.9 Å². The fourth-order valence-electron chi connectivity index (χ4n) is 3.20. The van der Waals surface area contributed by atoms with Gasteiger partial charge in [-0.1, -0.05) is 20.8 Å². The maximum atomic E-state index is 4.06. The molecule has 3 nitrogen and oxygen atoms in total. The number of aromatic nitrogens is 2. The first-order chi connectivity index (χ1) is 8.97. The number of aromatic amines is 1. The van der Waals surface area contributed by atoms with Crippen LogP contribution in [-0.4, -0.2) is 16.7 Å². The highest BCUT2D eigenvalue weighted by atomic mass is 15.1. The molecule has 0 bridgehead atoms. The summed E-state index contributed by atoms with van der Waals surface area (Å²) in [4.78, 5) is 0. The molecule has 0 saturated heterocycles. The molecule has 1 aliphatic rings. The summed E-state index contributed by atoms with van der Waals surface area (Å²) in [5.74, 6) is 1.78. The van der Waals surface area contributed by atoms with Crippen LogP contribution in [0.25, 0.3) is 0 Å². The molecule has 0 amide bonds. The van der Waals surface area contributed by atoms with E-state index in [0.29, 0.717) is 5.41 Å². The van der Waals surface area contributed by atoms with E-state index < -0.39 is 0 Å². The van der Waals surface area contributed by atoms with Crippen molar-refractivity contribution in [2.24, 2.45) is 17.3 Å². The third-order valence-electron chi connectivity index (χ3n) is 4.75. The van der Waals surface area contributed by atoms with Crippen molar-refractivity contribution in [1.82, 2.24) is 15.5 Å². The minimum absolute atomic E-state index is 0.492. The van der Waals surface area contributed by atoms with Gasteiger partial charge in [-0.2, -0.15) is 5.10 Å². The summed E-state index contributed by atoms with van der Waals surface area (Å²) in [6.07, 6.45) is 7.51. The Morgan fingerprint density at radius 3 is 2.47 bits per heavy atom. The summed E-state index contributed by atoms with van der Waals surface area (Å²) in [6, 6.07) is 0. The Morgan fingerprint density at radius 1 is 1.26 bits per heavy atom. The molecular formula is C16H29N3. The predicted octanol–water partition coefficient (Wildman–Crippen LogP) is 3.66. The van der Waals surface area contributed by atoms with Gasteiger partial charge >= 0.3 is 0 Å². The number of rotatable bonds is 4. The highest BCUT2D eigenvalue weighted by molar-refractivity contribution is 5.13. The molecule has 3 heteroatoms. The summed E-state index contributed by atoms with van der Waals surface area (Å²) in [6.45, 7) is 11.3. The van der Waals surface area contributed by atoms with Gasteiger partial charge in [0.1, 0.15) is 0 Å². The van der Waals surface area contributed by atoms with Crippen molar-refractivity contribution in [2.75, 3.05) is 6.54 Å². The lowest BCUT2D eigenvalue weighted by Gasteiger charge is -2.37. The number of H-pyrrole nitrogens is 1. The van der Waals surface area contributed by atoms with E-state index in [2.05, 4.69) is 43.2 Å². The Morgan fingerprint density at radius 2 is 1.95 bits per heavy atom. The molecule has 1 heterocycles. The zero-order valence-electron chi connectivity index (χ0n) is 12.9. The zero-order valence-corrected chi connectivity index (χ0v) is 12.9. The van der Waals surface area contributed by atoms with Gasteiger partial charge in [-0.15, -0.1) is 0 Å². The van der Waals surface area contributed by atoms with Crippen LogP contribution in [-0.2, 0) is 6.54 Å². The molecule has 0 radical (unpaired) electrons. The van der Waals surface area contributed by atoms with E-state index >= 15 is 0 Å². The van der Waals surface area contributed by atoms with Crippen molar-refractivity contribution in [3.05, 3.63) is 17.5 Å². The molecule has 1 saturated carbocycles. The van der Waals surface area contributed by atoms with Crippen molar-refractivity contribution in [3.8, 4) is 0 Å². The van der Waals surface area contributed by atoms with Crippen molar-refractivity contribution < 1.29 is 0 Å². The lowest BCUT2D eigenvalue weighted by atomic mass is 9.70. The first-order valence-electron chi connectivity index (χ1n) is 7.66. The van der Waals surface area contributed by atoms with Gasteiger partial charge < -0.3 is 5.32 Å². The fraction of sp³-hybridized carbons (Fsp3) is 0.812. The molecule has 0 spiro atoms. The standard InChI is InChI=1S/C16H29N3/c1-12-14(11-18-19-12)10-17-9-13-5-7-15(8-6-13)16(2,3)4/h11,13,15,17H,5-10H2,1-4H3,(H,18,19). The van der Waals surface area contributed by atoms with Crippen molar-refractivity contribution >= 4 is 0 Å². The van der Waals surface area contributed by atoms with Crippen LogP contribution >= 0.6 is 0 Å². The molecule has 0 atom stereocenters. The van der Waals surface area contributed by atoms with Gasteiger partial charge in [-0.05, 0) is 56.4 Å². The van der Waals surface area contributed by atoms with Crippen molar-refractivity contribution in [2.45, 2.75) is 59.9 Å². The third kappa shape index (κ3) is 4.07. The van der Waals surface area contributed by atoms with E-state index in [1.807, 2.05) is 6.20 Å². The SMILES string of the molecule is Cc1[nH]ncc1CNCC1CCC(C(C)(C)C)CC1. The summed E-state index contributed by atoms with van der Waals surface area (Å²) in [7, 11) is 0. The van der Waals surface area contributed by atoms with Crippen LogP contribution in [0.5, 0.6) is 0 Å². The number of aryl methyl sites for hydroxylation is 1. The summed E-state index contributed by atoms with van der Waals surface area (Å²) in [5.41, 5.74) is 2.97. The second kappa shape index (κ2) is 6.08. The molecule has 1 aromatic rings. The highest BCUT2D eigenvalue weighted by Gasteiger charge is 2.29. The van der Waals surface area contributed by atoms with Crippen LogP contribution in [0.2, 0.25) is 0 Å². The average molecular weight is 263 g/mol. The topological polar surface area (TPSA) is 40.7 Å². The van der Waals surface area contributed by atoms with Gasteiger partial charge in [-0.25, -0.2) is 0 Å². The molecule has 0 unspecified atom stereocenters. The van der Waals surface area contributed by atoms with E-state index in [9.17, 15) is 0 Å². The number of nitrogens with zero attached hydrogens (tertiary/aromatic N) is 1. The monoisotopic (exact) mass is 263 g/mol. The maximum Gasteiger partial charge on any atom is 0.0535 e. The number of hydrogen-bond donors (Lipinski definition) is 2.